The van der Waals surface area contributed by atoms with Gasteiger partial charge in [0.25, 0.3) is 0 Å². The van der Waals surface area contributed by atoms with Crippen LogP contribution in [0.1, 0.15) is 20.3 Å². The molecule has 126 valence electrons. The Labute approximate surface area is 133 Å². The molecule has 1 unspecified atom stereocenters. The van der Waals surface area contributed by atoms with E-state index in [1.807, 2.05) is 0 Å². The van der Waals surface area contributed by atoms with E-state index < -0.39 is 36.5 Å². The van der Waals surface area contributed by atoms with Crippen molar-refractivity contribution in [2.24, 2.45) is 0 Å². The first kappa shape index (κ1) is 17.0. The molecule has 0 radical (unpaired) electrons. The molecule has 0 aromatic carbocycles. The van der Waals surface area contributed by atoms with Crippen molar-refractivity contribution in [1.29, 1.82) is 0 Å². The second kappa shape index (κ2) is 7.28. The molecule has 0 amide bonds. The molecule has 0 fully saturated rings. The number of esters is 2. The number of carbonyl (C=O) groups excluding carboxylic acids is 3. The predicted molar refractivity (Wildman–Crippen MR) is 74.7 cm³/mol. The van der Waals surface area contributed by atoms with Crippen molar-refractivity contribution in [1.82, 2.24) is 0 Å². The predicted octanol–water partition coefficient (Wildman–Crippen LogP) is 0.608. The Morgan fingerprint density at radius 2 is 1.91 bits per heavy atom. The van der Waals surface area contributed by atoms with E-state index in [1.165, 1.54) is 39.4 Å². The molecule has 0 N–H and O–H groups in total. The summed E-state index contributed by atoms with van der Waals surface area (Å²) >= 11 is 0. The Morgan fingerprint density at radius 1 is 1.22 bits per heavy atom. The maximum absolute atomic E-state index is 11.5. The van der Waals surface area contributed by atoms with Crippen LogP contribution in [0.5, 0.6) is 0 Å². The average molecular weight is 326 g/mol. The molecule has 2 rings (SSSR count). The van der Waals surface area contributed by atoms with Crippen molar-refractivity contribution in [3.63, 3.8) is 0 Å². The molecular formula is C15H18O8. The number of allylic oxidation sites excluding steroid dienone is 1. The summed E-state index contributed by atoms with van der Waals surface area (Å²) in [4.78, 5) is 34.1. The first-order chi connectivity index (χ1) is 10.9. The topological polar surface area (TPSA) is 97.4 Å². The van der Waals surface area contributed by atoms with Gasteiger partial charge in [0.2, 0.25) is 12.4 Å². The minimum atomic E-state index is -0.993. The van der Waals surface area contributed by atoms with Crippen molar-refractivity contribution in [2.45, 2.75) is 44.9 Å². The van der Waals surface area contributed by atoms with Crippen molar-refractivity contribution in [2.75, 3.05) is 7.11 Å². The summed E-state index contributed by atoms with van der Waals surface area (Å²) in [5.41, 5.74) is 0. The fraction of sp³-hybridized carbons (Fsp3) is 0.533. The lowest BCUT2D eigenvalue weighted by Crippen LogP contribution is -2.48. The highest BCUT2D eigenvalue weighted by atomic mass is 16.7. The second-order valence-electron chi connectivity index (χ2n) is 5.04. The Hall–Kier alpha value is -2.35. The minimum absolute atomic E-state index is 0.0871. The van der Waals surface area contributed by atoms with Crippen LogP contribution >= 0.6 is 0 Å². The summed E-state index contributed by atoms with van der Waals surface area (Å²) < 4.78 is 26.4. The normalized spacial score (nSPS) is 29.9. The Morgan fingerprint density at radius 3 is 2.48 bits per heavy atom. The Balaban J connectivity index is 2.27. The molecule has 23 heavy (non-hydrogen) atoms. The van der Waals surface area contributed by atoms with Gasteiger partial charge in [-0.25, -0.2) is 0 Å². The first-order valence-corrected chi connectivity index (χ1v) is 7.01. The highest BCUT2D eigenvalue weighted by Crippen LogP contribution is 2.29. The fourth-order valence-corrected chi connectivity index (χ4v) is 2.30. The minimum Gasteiger partial charge on any atom is -0.490 e. The van der Waals surface area contributed by atoms with Crippen molar-refractivity contribution < 1.29 is 38.1 Å². The van der Waals surface area contributed by atoms with E-state index in [4.69, 9.17) is 23.7 Å². The summed E-state index contributed by atoms with van der Waals surface area (Å²) in [7, 11) is 1.36. The van der Waals surface area contributed by atoms with Gasteiger partial charge in [-0.15, -0.1) is 0 Å². The van der Waals surface area contributed by atoms with Crippen LogP contribution in [-0.2, 0) is 38.1 Å². The maximum atomic E-state index is 11.5. The van der Waals surface area contributed by atoms with E-state index in [0.29, 0.717) is 0 Å². The summed E-state index contributed by atoms with van der Waals surface area (Å²) in [5.74, 6) is -0.961. The van der Waals surface area contributed by atoms with Crippen LogP contribution < -0.4 is 0 Å². The third-order valence-electron chi connectivity index (χ3n) is 3.21. The van der Waals surface area contributed by atoms with Gasteiger partial charge in [0.05, 0.1) is 12.7 Å². The number of methoxy groups -OCH3 is 1. The van der Waals surface area contributed by atoms with Crippen LogP contribution in [0, 0.1) is 0 Å². The zero-order chi connectivity index (χ0) is 17.0. The molecular weight excluding hydrogens is 308 g/mol. The summed E-state index contributed by atoms with van der Waals surface area (Å²) in [6.07, 6.45) is 0.635. The summed E-state index contributed by atoms with van der Waals surface area (Å²) in [5, 5.41) is 0. The number of rotatable bonds is 4. The van der Waals surface area contributed by atoms with Gasteiger partial charge < -0.3 is 23.7 Å². The highest BCUT2D eigenvalue weighted by molar-refractivity contribution is 5.90. The van der Waals surface area contributed by atoms with Crippen molar-refractivity contribution in [3.05, 3.63) is 24.2 Å². The first-order valence-electron chi connectivity index (χ1n) is 7.01. The van der Waals surface area contributed by atoms with Crippen LogP contribution in [0.4, 0.5) is 0 Å². The van der Waals surface area contributed by atoms with E-state index in [0.717, 1.165) is 0 Å². The van der Waals surface area contributed by atoms with E-state index in [1.54, 1.807) is 0 Å². The average Bonchev–Trinajstić information content (AvgIpc) is 2.47. The van der Waals surface area contributed by atoms with Crippen molar-refractivity contribution in [3.8, 4) is 0 Å². The van der Waals surface area contributed by atoms with Gasteiger partial charge in [-0.2, -0.15) is 0 Å². The van der Waals surface area contributed by atoms with E-state index >= 15 is 0 Å². The number of hydrogen-bond donors (Lipinski definition) is 0. The third kappa shape index (κ3) is 4.32. The van der Waals surface area contributed by atoms with Gasteiger partial charge in [0.15, 0.2) is 18.0 Å². The summed E-state index contributed by atoms with van der Waals surface area (Å²) in [6.45, 7) is 2.46. The van der Waals surface area contributed by atoms with E-state index in [2.05, 4.69) is 0 Å². The zero-order valence-corrected chi connectivity index (χ0v) is 13.0. The number of ether oxygens (including phenoxy) is 5. The van der Waals surface area contributed by atoms with Crippen LogP contribution in [0.15, 0.2) is 24.2 Å². The third-order valence-corrected chi connectivity index (χ3v) is 3.21. The fourth-order valence-electron chi connectivity index (χ4n) is 2.30. The molecule has 0 aromatic heterocycles. The molecule has 2 heterocycles. The maximum Gasteiger partial charge on any atom is 0.303 e. The molecule has 0 spiro atoms. The van der Waals surface area contributed by atoms with Gasteiger partial charge in [-0.05, 0) is 0 Å². The molecule has 0 saturated heterocycles. The molecule has 4 atom stereocenters. The monoisotopic (exact) mass is 326 g/mol. The van der Waals surface area contributed by atoms with Crippen LogP contribution in [-0.4, -0.2) is 49.4 Å². The lowest BCUT2D eigenvalue weighted by Gasteiger charge is -2.36. The SMILES string of the molecule is CO[C@H]1OC(C2CC(=O)C=CO2)=C[C@H](OC(C)=O)[C@@H]1OC(C)=O. The van der Waals surface area contributed by atoms with Gasteiger partial charge >= 0.3 is 11.9 Å². The van der Waals surface area contributed by atoms with E-state index in [-0.39, 0.29) is 18.0 Å². The standard InChI is InChI=1S/C15H18O8/c1-8(16)21-13-7-12(11-6-10(18)4-5-20-11)23-15(19-3)14(13)22-9(2)17/h4-5,7,11,13-15H,6H2,1-3H3/t11?,13-,14-,15-/m0/s1. The highest BCUT2D eigenvalue weighted by Gasteiger charge is 2.42. The molecule has 2 aliphatic rings. The Bertz CT molecular complexity index is 550. The quantitative estimate of drug-likeness (QED) is 0.693. The second-order valence-corrected chi connectivity index (χ2v) is 5.04. The number of carbonyl (C=O) groups is 3. The molecule has 0 bridgehead atoms. The largest absolute Gasteiger partial charge is 0.490 e. The smallest absolute Gasteiger partial charge is 0.303 e. The van der Waals surface area contributed by atoms with Crippen LogP contribution in [0.25, 0.3) is 0 Å². The molecule has 0 saturated carbocycles. The molecule has 0 aromatic rings. The number of ketones is 1. The lowest BCUT2D eigenvalue weighted by molar-refractivity contribution is -0.220. The molecule has 8 heteroatoms. The van der Waals surface area contributed by atoms with Crippen molar-refractivity contribution >= 4 is 17.7 Å². The Kier molecular flexibility index (Phi) is 5.38. The van der Waals surface area contributed by atoms with Gasteiger partial charge in [0.1, 0.15) is 5.76 Å². The van der Waals surface area contributed by atoms with Gasteiger partial charge in [0, 0.05) is 33.1 Å². The zero-order valence-electron chi connectivity index (χ0n) is 13.0. The van der Waals surface area contributed by atoms with Gasteiger partial charge in [-0.3, -0.25) is 14.4 Å². The number of hydrogen-bond acceptors (Lipinski definition) is 8. The van der Waals surface area contributed by atoms with Crippen LogP contribution in [0.3, 0.4) is 0 Å². The lowest BCUT2D eigenvalue weighted by atomic mass is 10.0. The molecule has 8 nitrogen and oxygen atoms in total. The summed E-state index contributed by atoms with van der Waals surface area (Å²) in [6, 6.07) is 0. The van der Waals surface area contributed by atoms with Crippen LogP contribution in [0.2, 0.25) is 0 Å². The molecule has 0 aliphatic carbocycles. The van der Waals surface area contributed by atoms with Gasteiger partial charge in [-0.1, -0.05) is 0 Å². The molecule has 2 aliphatic heterocycles. The van der Waals surface area contributed by atoms with E-state index in [9.17, 15) is 14.4 Å².